The van der Waals surface area contributed by atoms with Crippen LogP contribution < -0.4 is 5.73 Å². The molecule has 100 valence electrons. The average molecular weight is 252 g/mol. The van der Waals surface area contributed by atoms with E-state index in [-0.39, 0.29) is 18.1 Å². The molecular formula is C14H21FN2O. The van der Waals surface area contributed by atoms with Crippen LogP contribution in [-0.4, -0.2) is 29.2 Å². The molecule has 0 saturated heterocycles. The van der Waals surface area contributed by atoms with Crippen molar-refractivity contribution in [3.8, 4) is 0 Å². The van der Waals surface area contributed by atoms with Crippen LogP contribution in [0.2, 0.25) is 0 Å². The summed E-state index contributed by atoms with van der Waals surface area (Å²) in [4.78, 5) is 2.34. The maximum atomic E-state index is 13.4. The van der Waals surface area contributed by atoms with Crippen LogP contribution in [-0.2, 0) is 6.54 Å². The molecule has 1 aliphatic rings. The van der Waals surface area contributed by atoms with Gasteiger partial charge in [-0.1, -0.05) is 12.5 Å². The molecule has 18 heavy (non-hydrogen) atoms. The van der Waals surface area contributed by atoms with Gasteiger partial charge in [0.15, 0.2) is 0 Å². The molecule has 3 N–H and O–H groups in total. The summed E-state index contributed by atoms with van der Waals surface area (Å²) >= 11 is 0. The van der Waals surface area contributed by atoms with Crippen LogP contribution in [0.1, 0.15) is 31.2 Å². The predicted molar refractivity (Wildman–Crippen MR) is 70.6 cm³/mol. The first-order chi connectivity index (χ1) is 8.70. The second-order valence-corrected chi connectivity index (χ2v) is 4.99. The van der Waals surface area contributed by atoms with Crippen LogP contribution in [0, 0.1) is 5.82 Å². The number of benzene rings is 1. The topological polar surface area (TPSA) is 49.5 Å². The van der Waals surface area contributed by atoms with Gasteiger partial charge in [0.1, 0.15) is 5.82 Å². The highest BCUT2D eigenvalue weighted by Gasteiger charge is 2.24. The van der Waals surface area contributed by atoms with Crippen molar-refractivity contribution in [3.05, 3.63) is 29.6 Å². The van der Waals surface area contributed by atoms with Crippen LogP contribution in [0.25, 0.3) is 0 Å². The number of nitrogens with two attached hydrogens (primary N) is 1. The summed E-state index contributed by atoms with van der Waals surface area (Å²) in [5, 5.41) is 8.93. The maximum Gasteiger partial charge on any atom is 0.146 e. The molecule has 1 fully saturated rings. The van der Waals surface area contributed by atoms with Crippen molar-refractivity contribution in [1.29, 1.82) is 0 Å². The molecule has 0 atom stereocenters. The third kappa shape index (κ3) is 3.21. The third-order valence-electron chi connectivity index (χ3n) is 3.65. The van der Waals surface area contributed by atoms with Crippen LogP contribution >= 0.6 is 0 Å². The second-order valence-electron chi connectivity index (χ2n) is 4.99. The molecule has 0 aliphatic heterocycles. The summed E-state index contributed by atoms with van der Waals surface area (Å²) in [6, 6.07) is 5.61. The molecule has 0 amide bonds. The molecule has 3 nitrogen and oxygen atoms in total. The first-order valence-corrected chi connectivity index (χ1v) is 6.59. The number of nitrogen functional groups attached to an aromatic ring is 1. The van der Waals surface area contributed by atoms with Crippen molar-refractivity contribution in [2.75, 3.05) is 18.9 Å². The van der Waals surface area contributed by atoms with Crippen molar-refractivity contribution >= 4 is 5.69 Å². The van der Waals surface area contributed by atoms with E-state index in [1.54, 1.807) is 6.07 Å². The van der Waals surface area contributed by atoms with E-state index < -0.39 is 0 Å². The van der Waals surface area contributed by atoms with Gasteiger partial charge >= 0.3 is 0 Å². The normalized spacial score (nSPS) is 15.9. The summed E-state index contributed by atoms with van der Waals surface area (Å²) in [6.07, 6.45) is 4.47. The van der Waals surface area contributed by atoms with Gasteiger partial charge in [-0.3, -0.25) is 4.90 Å². The van der Waals surface area contributed by atoms with Gasteiger partial charge in [0.05, 0.1) is 5.69 Å². The zero-order valence-electron chi connectivity index (χ0n) is 10.6. The Morgan fingerprint density at radius 3 is 2.72 bits per heavy atom. The molecule has 0 spiro atoms. The van der Waals surface area contributed by atoms with Gasteiger partial charge < -0.3 is 10.8 Å². The minimum Gasteiger partial charge on any atom is -0.396 e. The number of anilines is 1. The Morgan fingerprint density at radius 2 is 2.17 bits per heavy atom. The van der Waals surface area contributed by atoms with Gasteiger partial charge in [-0.05, 0) is 37.0 Å². The van der Waals surface area contributed by atoms with Crippen molar-refractivity contribution in [2.24, 2.45) is 0 Å². The minimum atomic E-state index is -0.344. The fraction of sp³-hybridized carbons (Fsp3) is 0.571. The number of nitrogens with zero attached hydrogens (tertiary/aromatic N) is 1. The molecule has 0 radical (unpaired) electrons. The molecule has 1 saturated carbocycles. The Labute approximate surface area is 107 Å². The van der Waals surface area contributed by atoms with Crippen LogP contribution in [0.5, 0.6) is 0 Å². The fourth-order valence-electron chi connectivity index (χ4n) is 2.32. The zero-order chi connectivity index (χ0) is 13.0. The smallest absolute Gasteiger partial charge is 0.146 e. The number of aliphatic hydroxyl groups is 1. The first-order valence-electron chi connectivity index (χ1n) is 6.59. The molecule has 0 unspecified atom stereocenters. The highest BCUT2D eigenvalue weighted by Crippen LogP contribution is 2.26. The molecule has 0 aromatic heterocycles. The lowest BCUT2D eigenvalue weighted by Crippen LogP contribution is -2.40. The number of aliphatic hydroxyl groups excluding tert-OH is 1. The van der Waals surface area contributed by atoms with Gasteiger partial charge in [0.25, 0.3) is 0 Å². The van der Waals surface area contributed by atoms with Crippen LogP contribution in [0.15, 0.2) is 18.2 Å². The van der Waals surface area contributed by atoms with Gasteiger partial charge in [0.2, 0.25) is 0 Å². The monoisotopic (exact) mass is 252 g/mol. The van der Waals surface area contributed by atoms with Crippen molar-refractivity contribution in [2.45, 2.75) is 38.3 Å². The van der Waals surface area contributed by atoms with Crippen LogP contribution in [0.4, 0.5) is 10.1 Å². The number of hydrogen-bond acceptors (Lipinski definition) is 3. The summed E-state index contributed by atoms with van der Waals surface area (Å²) in [7, 11) is 0. The van der Waals surface area contributed by atoms with E-state index in [1.807, 2.05) is 6.07 Å². The van der Waals surface area contributed by atoms with Crippen molar-refractivity contribution < 1.29 is 9.50 Å². The molecule has 0 heterocycles. The van der Waals surface area contributed by atoms with Crippen molar-refractivity contribution in [1.82, 2.24) is 4.90 Å². The molecule has 2 rings (SSSR count). The van der Waals surface area contributed by atoms with E-state index >= 15 is 0 Å². The van der Waals surface area contributed by atoms with Gasteiger partial charge in [-0.15, -0.1) is 0 Å². The largest absolute Gasteiger partial charge is 0.396 e. The quantitative estimate of drug-likeness (QED) is 0.763. The molecule has 1 aromatic rings. The lowest BCUT2D eigenvalue weighted by Gasteiger charge is -2.37. The van der Waals surface area contributed by atoms with Crippen molar-refractivity contribution in [3.63, 3.8) is 0 Å². The third-order valence-corrected chi connectivity index (χ3v) is 3.65. The van der Waals surface area contributed by atoms with Crippen LogP contribution in [0.3, 0.4) is 0 Å². The SMILES string of the molecule is Nc1ccc(CN(CCCO)C2CCC2)cc1F. The highest BCUT2D eigenvalue weighted by atomic mass is 19.1. The Morgan fingerprint density at radius 1 is 1.39 bits per heavy atom. The summed E-state index contributed by atoms with van der Waals surface area (Å²) in [6.45, 7) is 1.81. The Kier molecular flexibility index (Phi) is 4.55. The number of hydrogen-bond donors (Lipinski definition) is 2. The number of rotatable bonds is 6. The lowest BCUT2D eigenvalue weighted by molar-refractivity contribution is 0.109. The average Bonchev–Trinajstić information content (AvgIpc) is 2.28. The Balaban J connectivity index is 1.99. The minimum absolute atomic E-state index is 0.198. The highest BCUT2D eigenvalue weighted by molar-refractivity contribution is 5.41. The molecular weight excluding hydrogens is 231 g/mol. The van der Waals surface area contributed by atoms with E-state index in [0.29, 0.717) is 6.04 Å². The summed E-state index contributed by atoms with van der Waals surface area (Å²) in [5.74, 6) is -0.344. The van der Waals surface area contributed by atoms with E-state index in [9.17, 15) is 4.39 Å². The van der Waals surface area contributed by atoms with Gasteiger partial charge in [0, 0.05) is 25.7 Å². The Hall–Kier alpha value is -1.13. The standard InChI is InChI=1S/C14H21FN2O/c15-13-9-11(5-6-14(13)16)10-17(7-2-8-18)12-3-1-4-12/h5-6,9,12,18H,1-4,7-8,10,16H2. The van der Waals surface area contributed by atoms with Gasteiger partial charge in [-0.2, -0.15) is 0 Å². The lowest BCUT2D eigenvalue weighted by atomic mass is 9.91. The summed E-state index contributed by atoms with van der Waals surface area (Å²) in [5.41, 5.74) is 6.62. The van der Waals surface area contributed by atoms with Gasteiger partial charge in [-0.25, -0.2) is 4.39 Å². The fourth-order valence-corrected chi connectivity index (χ4v) is 2.32. The van der Waals surface area contributed by atoms with E-state index in [2.05, 4.69) is 4.90 Å². The zero-order valence-corrected chi connectivity index (χ0v) is 10.6. The molecule has 0 bridgehead atoms. The molecule has 4 heteroatoms. The van der Waals surface area contributed by atoms with E-state index in [0.717, 1.165) is 25.1 Å². The molecule has 1 aliphatic carbocycles. The number of halogens is 1. The van der Waals surface area contributed by atoms with E-state index in [4.69, 9.17) is 10.8 Å². The molecule has 1 aromatic carbocycles. The van der Waals surface area contributed by atoms with E-state index in [1.165, 1.54) is 25.3 Å². The second kappa shape index (κ2) is 6.16. The summed E-state index contributed by atoms with van der Waals surface area (Å²) < 4.78 is 13.4. The first kappa shape index (κ1) is 13.3. The predicted octanol–water partition coefficient (Wildman–Crippen LogP) is 2.14. The maximum absolute atomic E-state index is 13.4. The Bertz CT molecular complexity index is 393.